The standard InChI is InChI=1S/C31H28N8/c1-38(2)31(18-23(32)19-31)22-11-9-21(10-12-22)27-24(20-7-4-3-5-8-20)17-25-26(35-27)13-16-39-29(25)36-37-30(39)28-33-14-6-15-34-28/h3-17,23H,18-19,32H2,1-2H3. The summed E-state index contributed by atoms with van der Waals surface area (Å²) in [6, 6.07) is 25.4. The third-order valence-corrected chi connectivity index (χ3v) is 7.97. The lowest BCUT2D eigenvalue weighted by Gasteiger charge is -2.51. The monoisotopic (exact) mass is 512 g/mol. The van der Waals surface area contributed by atoms with Crippen LogP contribution in [0.5, 0.6) is 0 Å². The fourth-order valence-corrected chi connectivity index (χ4v) is 5.82. The maximum absolute atomic E-state index is 6.21. The SMILES string of the molecule is CN(C)C1(c2ccc(-c3nc4ccn5c(-c6ncccn6)nnc5c4cc3-c3ccccc3)cc2)CC(N)C1. The first-order valence-corrected chi connectivity index (χ1v) is 13.1. The molecule has 0 aliphatic heterocycles. The largest absolute Gasteiger partial charge is 0.328 e. The lowest BCUT2D eigenvalue weighted by Crippen LogP contribution is -2.57. The first-order chi connectivity index (χ1) is 19.0. The zero-order valence-electron chi connectivity index (χ0n) is 21.9. The van der Waals surface area contributed by atoms with Gasteiger partial charge in [-0.05, 0) is 56.3 Å². The van der Waals surface area contributed by atoms with Crippen LogP contribution in [0.15, 0.2) is 91.4 Å². The van der Waals surface area contributed by atoms with Gasteiger partial charge in [-0.1, -0.05) is 54.6 Å². The van der Waals surface area contributed by atoms with E-state index in [0.29, 0.717) is 11.6 Å². The van der Waals surface area contributed by atoms with Crippen LogP contribution in [-0.2, 0) is 5.54 Å². The van der Waals surface area contributed by atoms with Crippen molar-refractivity contribution in [3.63, 3.8) is 0 Å². The van der Waals surface area contributed by atoms with Crippen molar-refractivity contribution in [3.8, 4) is 34.0 Å². The Labute approximate surface area is 226 Å². The van der Waals surface area contributed by atoms with E-state index in [1.54, 1.807) is 18.5 Å². The van der Waals surface area contributed by atoms with Crippen LogP contribution in [0.1, 0.15) is 18.4 Å². The second-order valence-corrected chi connectivity index (χ2v) is 10.5. The minimum Gasteiger partial charge on any atom is -0.328 e. The van der Waals surface area contributed by atoms with E-state index < -0.39 is 0 Å². The van der Waals surface area contributed by atoms with Gasteiger partial charge in [0, 0.05) is 46.7 Å². The molecule has 7 rings (SSSR count). The average Bonchev–Trinajstić information content (AvgIpc) is 3.40. The van der Waals surface area contributed by atoms with Gasteiger partial charge in [0.1, 0.15) is 0 Å². The van der Waals surface area contributed by atoms with Crippen molar-refractivity contribution in [2.75, 3.05) is 14.1 Å². The molecule has 0 radical (unpaired) electrons. The van der Waals surface area contributed by atoms with Gasteiger partial charge in [0.05, 0.1) is 11.2 Å². The molecule has 0 atom stereocenters. The summed E-state index contributed by atoms with van der Waals surface area (Å²) in [4.78, 5) is 16.2. The van der Waals surface area contributed by atoms with Gasteiger partial charge >= 0.3 is 0 Å². The molecule has 0 saturated heterocycles. The number of nitrogens with zero attached hydrogens (tertiary/aromatic N) is 7. The van der Waals surface area contributed by atoms with Crippen molar-refractivity contribution >= 4 is 16.6 Å². The van der Waals surface area contributed by atoms with Gasteiger partial charge in [0.15, 0.2) is 11.5 Å². The van der Waals surface area contributed by atoms with Crippen LogP contribution in [0.4, 0.5) is 0 Å². The Bertz CT molecular complexity index is 1790. The van der Waals surface area contributed by atoms with Crippen LogP contribution in [-0.4, -0.2) is 54.6 Å². The summed E-state index contributed by atoms with van der Waals surface area (Å²) in [6.45, 7) is 0. The Morgan fingerprint density at radius 3 is 2.31 bits per heavy atom. The zero-order chi connectivity index (χ0) is 26.6. The molecule has 0 spiro atoms. The Morgan fingerprint density at radius 2 is 1.62 bits per heavy atom. The van der Waals surface area contributed by atoms with E-state index in [-0.39, 0.29) is 11.6 Å². The maximum atomic E-state index is 6.21. The van der Waals surface area contributed by atoms with Crippen LogP contribution in [0, 0.1) is 0 Å². The number of pyridine rings is 2. The van der Waals surface area contributed by atoms with Gasteiger partial charge in [0.2, 0.25) is 5.82 Å². The van der Waals surface area contributed by atoms with Gasteiger partial charge in [0.25, 0.3) is 0 Å². The Balaban J connectivity index is 1.39. The summed E-state index contributed by atoms with van der Waals surface area (Å²) in [5, 5.41) is 9.85. The molecule has 8 nitrogen and oxygen atoms in total. The summed E-state index contributed by atoms with van der Waals surface area (Å²) >= 11 is 0. The van der Waals surface area contributed by atoms with E-state index >= 15 is 0 Å². The molecular weight excluding hydrogens is 484 g/mol. The fraction of sp³-hybridized carbons (Fsp3) is 0.194. The third-order valence-electron chi connectivity index (χ3n) is 7.97. The number of benzene rings is 2. The number of hydrogen-bond acceptors (Lipinski definition) is 7. The quantitative estimate of drug-likeness (QED) is 0.349. The molecule has 0 amide bonds. The Kier molecular flexibility index (Phi) is 5.47. The zero-order valence-corrected chi connectivity index (χ0v) is 21.9. The molecule has 4 heterocycles. The molecule has 39 heavy (non-hydrogen) atoms. The van der Waals surface area contributed by atoms with Gasteiger partial charge in [-0.15, -0.1) is 10.2 Å². The van der Waals surface area contributed by atoms with E-state index in [9.17, 15) is 0 Å². The first kappa shape index (κ1) is 23.6. The summed E-state index contributed by atoms with van der Waals surface area (Å²) in [7, 11) is 4.28. The molecule has 2 N–H and O–H groups in total. The van der Waals surface area contributed by atoms with Crippen molar-refractivity contribution < 1.29 is 0 Å². The number of hydrogen-bond donors (Lipinski definition) is 1. The summed E-state index contributed by atoms with van der Waals surface area (Å²) in [5.41, 5.74) is 13.2. The number of rotatable bonds is 5. The van der Waals surface area contributed by atoms with E-state index in [4.69, 9.17) is 10.7 Å². The Hall–Kier alpha value is -4.53. The molecule has 8 heteroatoms. The van der Waals surface area contributed by atoms with Crippen LogP contribution in [0.3, 0.4) is 0 Å². The van der Waals surface area contributed by atoms with Gasteiger partial charge in [-0.25, -0.2) is 15.0 Å². The van der Waals surface area contributed by atoms with Gasteiger partial charge in [-0.2, -0.15) is 0 Å². The molecule has 1 saturated carbocycles. The van der Waals surface area contributed by atoms with E-state index in [0.717, 1.165) is 51.8 Å². The smallest absolute Gasteiger partial charge is 0.206 e. The highest BCUT2D eigenvalue weighted by atomic mass is 15.3. The number of fused-ring (bicyclic) bond motifs is 3. The van der Waals surface area contributed by atoms with Crippen molar-refractivity contribution in [2.24, 2.45) is 5.73 Å². The highest BCUT2D eigenvalue weighted by Gasteiger charge is 2.45. The third kappa shape index (κ3) is 3.79. The predicted molar refractivity (Wildman–Crippen MR) is 153 cm³/mol. The van der Waals surface area contributed by atoms with Crippen LogP contribution in [0.25, 0.3) is 50.6 Å². The van der Waals surface area contributed by atoms with Crippen molar-refractivity contribution in [1.82, 2.24) is 34.4 Å². The topological polar surface area (TPSA) is 98.1 Å². The van der Waals surface area contributed by atoms with Crippen molar-refractivity contribution in [3.05, 3.63) is 97.0 Å². The molecule has 6 aromatic rings. The maximum Gasteiger partial charge on any atom is 0.206 e. The predicted octanol–water partition coefficient (Wildman–Crippen LogP) is 4.95. The summed E-state index contributed by atoms with van der Waals surface area (Å²) in [5.74, 6) is 1.12. The van der Waals surface area contributed by atoms with E-state index in [1.165, 1.54) is 5.56 Å². The summed E-state index contributed by atoms with van der Waals surface area (Å²) in [6.07, 6.45) is 7.28. The molecular formula is C31H28N8. The molecule has 1 aliphatic rings. The highest BCUT2D eigenvalue weighted by Crippen LogP contribution is 2.45. The highest BCUT2D eigenvalue weighted by molar-refractivity contribution is 5.98. The van der Waals surface area contributed by atoms with Gasteiger partial charge < -0.3 is 5.73 Å². The lowest BCUT2D eigenvalue weighted by molar-refractivity contribution is 0.0389. The molecule has 192 valence electrons. The molecule has 0 unspecified atom stereocenters. The Morgan fingerprint density at radius 1 is 0.872 bits per heavy atom. The minimum absolute atomic E-state index is 0.00350. The van der Waals surface area contributed by atoms with E-state index in [1.807, 2.05) is 22.7 Å². The number of nitrogens with two attached hydrogens (primary N) is 1. The average molecular weight is 513 g/mol. The fourth-order valence-electron chi connectivity index (χ4n) is 5.82. The van der Waals surface area contributed by atoms with E-state index in [2.05, 4.69) is 93.8 Å². The molecule has 0 bridgehead atoms. The normalized spacial score (nSPS) is 19.0. The van der Waals surface area contributed by atoms with Crippen LogP contribution >= 0.6 is 0 Å². The molecule has 1 aliphatic carbocycles. The molecule has 4 aromatic heterocycles. The lowest BCUT2D eigenvalue weighted by atomic mass is 9.67. The van der Waals surface area contributed by atoms with Crippen molar-refractivity contribution in [2.45, 2.75) is 24.4 Å². The van der Waals surface area contributed by atoms with Gasteiger partial charge in [-0.3, -0.25) is 9.30 Å². The van der Waals surface area contributed by atoms with Crippen molar-refractivity contribution in [1.29, 1.82) is 0 Å². The summed E-state index contributed by atoms with van der Waals surface area (Å²) < 4.78 is 1.92. The molecule has 2 aromatic carbocycles. The minimum atomic E-state index is -0.00350. The van der Waals surface area contributed by atoms with Crippen LogP contribution < -0.4 is 5.73 Å². The molecule has 1 fully saturated rings. The first-order valence-electron chi connectivity index (χ1n) is 13.1. The second-order valence-electron chi connectivity index (χ2n) is 10.5. The van der Waals surface area contributed by atoms with Crippen LogP contribution in [0.2, 0.25) is 0 Å². The number of aromatic nitrogens is 6. The second kappa shape index (κ2) is 9.04.